The Labute approximate surface area is 213 Å². The summed E-state index contributed by atoms with van der Waals surface area (Å²) in [4.78, 5) is 30.6. The van der Waals surface area contributed by atoms with E-state index in [1.54, 1.807) is 20.8 Å². The Morgan fingerprint density at radius 3 is 2.31 bits per heavy atom. The zero-order valence-corrected chi connectivity index (χ0v) is 21.9. The first-order valence-electron chi connectivity index (χ1n) is 12.5. The van der Waals surface area contributed by atoms with Gasteiger partial charge in [-0.1, -0.05) is 18.2 Å². The topological polar surface area (TPSA) is 78.8 Å². The highest BCUT2D eigenvalue weighted by molar-refractivity contribution is 5.97. The number of alkyl carbamates (subject to hydrolysis) is 1. The lowest BCUT2D eigenvalue weighted by atomic mass is 10.0. The molecular weight excluding hydrogens is 454 g/mol. The molecule has 1 atom stereocenters. The number of hydrogen-bond acceptors (Lipinski definition) is 5. The van der Waals surface area contributed by atoms with Crippen LogP contribution in [0.2, 0.25) is 0 Å². The Bertz CT molecular complexity index is 1200. The van der Waals surface area contributed by atoms with E-state index >= 15 is 0 Å². The molecule has 1 fully saturated rings. The molecule has 8 nitrogen and oxygen atoms in total. The Hall–Kier alpha value is -3.52. The largest absolute Gasteiger partial charge is 0.444 e. The van der Waals surface area contributed by atoms with E-state index in [1.807, 2.05) is 66.3 Å². The van der Waals surface area contributed by atoms with Crippen molar-refractivity contribution in [1.29, 1.82) is 0 Å². The van der Waals surface area contributed by atoms with Crippen LogP contribution in [0.25, 0.3) is 10.9 Å². The first-order chi connectivity index (χ1) is 17.1. The fourth-order valence-electron chi connectivity index (χ4n) is 4.52. The van der Waals surface area contributed by atoms with Gasteiger partial charge in [0.1, 0.15) is 11.6 Å². The number of anilines is 2. The fourth-order valence-corrected chi connectivity index (χ4v) is 4.52. The van der Waals surface area contributed by atoms with Crippen molar-refractivity contribution in [2.24, 2.45) is 7.05 Å². The van der Waals surface area contributed by atoms with Crippen molar-refractivity contribution in [3.05, 3.63) is 60.3 Å². The van der Waals surface area contributed by atoms with E-state index in [0.29, 0.717) is 12.1 Å². The van der Waals surface area contributed by atoms with Gasteiger partial charge in [-0.3, -0.25) is 4.79 Å². The molecule has 1 unspecified atom stereocenters. The molecule has 1 aliphatic heterocycles. The van der Waals surface area contributed by atoms with Gasteiger partial charge in [-0.15, -0.1) is 0 Å². The molecule has 3 aromatic rings. The second-order valence-corrected chi connectivity index (χ2v) is 10.5. The summed E-state index contributed by atoms with van der Waals surface area (Å²) in [6.07, 6.45) is 1.73. The molecule has 1 aliphatic rings. The summed E-state index contributed by atoms with van der Waals surface area (Å²) in [5.74, 6) is -0.291. The lowest BCUT2D eigenvalue weighted by molar-refractivity contribution is -0.118. The van der Waals surface area contributed by atoms with Crippen LogP contribution in [0, 0.1) is 0 Å². The second kappa shape index (κ2) is 10.6. The van der Waals surface area contributed by atoms with Crippen LogP contribution < -0.4 is 15.5 Å². The number of rotatable bonds is 6. The van der Waals surface area contributed by atoms with E-state index in [1.165, 1.54) is 0 Å². The summed E-state index contributed by atoms with van der Waals surface area (Å²) in [5, 5.41) is 6.82. The number of aryl methyl sites for hydroxylation is 1. The third kappa shape index (κ3) is 6.37. The molecule has 2 amide bonds. The van der Waals surface area contributed by atoms with Crippen LogP contribution in [0.4, 0.5) is 16.2 Å². The van der Waals surface area contributed by atoms with E-state index < -0.39 is 17.7 Å². The van der Waals surface area contributed by atoms with Crippen LogP contribution in [0.15, 0.2) is 54.7 Å². The summed E-state index contributed by atoms with van der Waals surface area (Å²) >= 11 is 0. The number of hydrogen-bond donors (Lipinski definition) is 2. The summed E-state index contributed by atoms with van der Waals surface area (Å²) in [6, 6.07) is 15.1. The van der Waals surface area contributed by atoms with Gasteiger partial charge in [0.15, 0.2) is 0 Å². The van der Waals surface area contributed by atoms with Gasteiger partial charge in [-0.25, -0.2) is 4.79 Å². The summed E-state index contributed by atoms with van der Waals surface area (Å²) < 4.78 is 7.48. The van der Waals surface area contributed by atoms with Crippen LogP contribution >= 0.6 is 0 Å². The number of carbonyl (C=O) groups excluding carboxylic acids is 2. The van der Waals surface area contributed by atoms with Crippen molar-refractivity contribution in [2.75, 3.05) is 43.4 Å². The lowest BCUT2D eigenvalue weighted by Gasteiger charge is -2.34. The number of piperazine rings is 1. The predicted molar refractivity (Wildman–Crippen MR) is 145 cm³/mol. The van der Waals surface area contributed by atoms with Crippen LogP contribution in [0.1, 0.15) is 26.3 Å². The van der Waals surface area contributed by atoms with Gasteiger partial charge in [0.25, 0.3) is 0 Å². The molecule has 0 spiro atoms. The van der Waals surface area contributed by atoms with Crippen molar-refractivity contribution in [2.45, 2.75) is 38.8 Å². The van der Waals surface area contributed by atoms with Gasteiger partial charge in [0.2, 0.25) is 5.91 Å². The standard InChI is InChI=1S/C28H37N5O3/c1-28(2,3)36-27(35)30-24(18-20-19-32(5)25-9-7-6-8-23(20)25)26(34)29-21-10-12-22(13-11-21)33-16-14-31(4)15-17-33/h6-13,19,24H,14-18H2,1-5H3,(H,29,34)(H,30,35). The number of fused-ring (bicyclic) bond motifs is 1. The molecule has 0 radical (unpaired) electrons. The van der Waals surface area contributed by atoms with Crippen LogP contribution in [-0.4, -0.2) is 66.3 Å². The Morgan fingerprint density at radius 1 is 0.972 bits per heavy atom. The van der Waals surface area contributed by atoms with Crippen molar-refractivity contribution < 1.29 is 14.3 Å². The number of aromatic nitrogens is 1. The molecule has 2 N–H and O–H groups in total. The molecule has 0 bridgehead atoms. The zero-order valence-electron chi connectivity index (χ0n) is 21.9. The molecule has 192 valence electrons. The van der Waals surface area contributed by atoms with E-state index in [0.717, 1.165) is 48.3 Å². The van der Waals surface area contributed by atoms with Gasteiger partial charge in [-0.05, 0) is 63.7 Å². The van der Waals surface area contributed by atoms with E-state index in [-0.39, 0.29) is 5.91 Å². The first-order valence-corrected chi connectivity index (χ1v) is 12.5. The normalized spacial score (nSPS) is 15.5. The maximum absolute atomic E-state index is 13.4. The van der Waals surface area contributed by atoms with Crippen molar-refractivity contribution >= 4 is 34.3 Å². The SMILES string of the molecule is CN1CCN(c2ccc(NC(=O)C(Cc3cn(C)c4ccccc34)NC(=O)OC(C)(C)C)cc2)CC1. The number of ether oxygens (including phenoxy) is 1. The smallest absolute Gasteiger partial charge is 0.408 e. The van der Waals surface area contributed by atoms with Crippen LogP contribution in [0.3, 0.4) is 0 Å². The Morgan fingerprint density at radius 2 is 1.64 bits per heavy atom. The van der Waals surface area contributed by atoms with Gasteiger partial charge in [-0.2, -0.15) is 0 Å². The van der Waals surface area contributed by atoms with Gasteiger partial charge in [0.05, 0.1) is 0 Å². The average Bonchev–Trinajstić information content (AvgIpc) is 3.14. The van der Waals surface area contributed by atoms with Gasteiger partial charge >= 0.3 is 6.09 Å². The van der Waals surface area contributed by atoms with Gasteiger partial charge < -0.3 is 29.7 Å². The predicted octanol–water partition coefficient (Wildman–Crippen LogP) is 4.00. The number of carbonyl (C=O) groups is 2. The highest BCUT2D eigenvalue weighted by Gasteiger charge is 2.26. The number of nitrogens with one attached hydrogen (secondary N) is 2. The number of likely N-dealkylation sites (N-methyl/N-ethyl adjacent to an activating group) is 1. The Balaban J connectivity index is 1.50. The van der Waals surface area contributed by atoms with Crippen molar-refractivity contribution in [1.82, 2.24) is 14.8 Å². The van der Waals surface area contributed by atoms with Crippen molar-refractivity contribution in [3.8, 4) is 0 Å². The average molecular weight is 492 g/mol. The molecule has 2 aromatic carbocycles. The first kappa shape index (κ1) is 25.6. The maximum Gasteiger partial charge on any atom is 0.408 e. The minimum absolute atomic E-state index is 0.291. The molecule has 36 heavy (non-hydrogen) atoms. The molecular formula is C28H37N5O3. The molecule has 0 aliphatic carbocycles. The summed E-state index contributed by atoms with van der Waals surface area (Å²) in [5.41, 5.74) is 3.22. The van der Waals surface area contributed by atoms with E-state index in [2.05, 4.69) is 27.5 Å². The maximum atomic E-state index is 13.4. The van der Waals surface area contributed by atoms with Crippen molar-refractivity contribution in [3.63, 3.8) is 0 Å². The second-order valence-electron chi connectivity index (χ2n) is 10.5. The minimum Gasteiger partial charge on any atom is -0.444 e. The number of nitrogens with zero attached hydrogens (tertiary/aromatic N) is 3. The third-order valence-electron chi connectivity index (χ3n) is 6.41. The summed E-state index contributed by atoms with van der Waals surface area (Å²) in [6.45, 7) is 9.43. The molecule has 2 heterocycles. The molecule has 1 saturated heterocycles. The van der Waals surface area contributed by atoms with Crippen LogP contribution in [0.5, 0.6) is 0 Å². The molecule has 8 heteroatoms. The zero-order chi connectivity index (χ0) is 25.9. The van der Waals surface area contributed by atoms with E-state index in [4.69, 9.17) is 4.74 Å². The van der Waals surface area contributed by atoms with Gasteiger partial charge in [0, 0.05) is 68.1 Å². The third-order valence-corrected chi connectivity index (χ3v) is 6.41. The lowest BCUT2D eigenvalue weighted by Crippen LogP contribution is -2.47. The molecule has 1 aromatic heterocycles. The quantitative estimate of drug-likeness (QED) is 0.545. The summed E-state index contributed by atoms with van der Waals surface area (Å²) in [7, 11) is 4.11. The molecule has 4 rings (SSSR count). The Kier molecular flexibility index (Phi) is 7.54. The molecule has 0 saturated carbocycles. The minimum atomic E-state index is -0.803. The highest BCUT2D eigenvalue weighted by Crippen LogP contribution is 2.23. The monoisotopic (exact) mass is 491 g/mol. The number of benzene rings is 2. The van der Waals surface area contributed by atoms with Crippen LogP contribution in [-0.2, 0) is 23.0 Å². The van der Waals surface area contributed by atoms with E-state index in [9.17, 15) is 9.59 Å². The fraction of sp³-hybridized carbons (Fsp3) is 0.429. The number of amides is 2. The number of para-hydroxylation sites is 1. The highest BCUT2D eigenvalue weighted by atomic mass is 16.6.